The van der Waals surface area contributed by atoms with Gasteiger partial charge in [-0.05, 0) is 29.8 Å². The summed E-state index contributed by atoms with van der Waals surface area (Å²) in [7, 11) is 5.74. The molecule has 30 heavy (non-hydrogen) atoms. The minimum atomic E-state index is 0.129. The summed E-state index contributed by atoms with van der Waals surface area (Å²) in [4.78, 5) is 27.7. The van der Waals surface area contributed by atoms with E-state index in [9.17, 15) is 4.79 Å². The predicted molar refractivity (Wildman–Crippen MR) is 122 cm³/mol. The molecule has 3 rings (SSSR count). The number of rotatable bonds is 5. The average molecular weight is 429 g/mol. The SMILES string of the molecule is CN=C(NCc1cccc(N(C)C)n1)N1CCN(C(=O)Cc2cccc(Cl)c2)CC1. The van der Waals surface area contributed by atoms with Gasteiger partial charge < -0.3 is 20.0 Å². The number of anilines is 1. The van der Waals surface area contributed by atoms with Gasteiger partial charge in [-0.3, -0.25) is 9.79 Å². The summed E-state index contributed by atoms with van der Waals surface area (Å²) in [5.74, 6) is 1.88. The lowest BCUT2D eigenvalue weighted by atomic mass is 10.1. The summed E-state index contributed by atoms with van der Waals surface area (Å²) in [5.41, 5.74) is 1.90. The van der Waals surface area contributed by atoms with Crippen LogP contribution in [0, 0.1) is 0 Å². The number of carbonyl (C=O) groups is 1. The minimum absolute atomic E-state index is 0.129. The first kappa shape index (κ1) is 21.9. The van der Waals surface area contributed by atoms with Crippen LogP contribution in [0.2, 0.25) is 5.02 Å². The number of hydrogen-bond acceptors (Lipinski definition) is 4. The third-order valence-electron chi connectivity index (χ3n) is 5.07. The molecule has 7 nitrogen and oxygen atoms in total. The molecule has 0 bridgehead atoms. The highest BCUT2D eigenvalue weighted by atomic mass is 35.5. The summed E-state index contributed by atoms with van der Waals surface area (Å²) in [6, 6.07) is 13.5. The van der Waals surface area contributed by atoms with Crippen LogP contribution < -0.4 is 10.2 Å². The van der Waals surface area contributed by atoms with Gasteiger partial charge in [-0.25, -0.2) is 4.98 Å². The number of amides is 1. The zero-order valence-electron chi connectivity index (χ0n) is 17.8. The van der Waals surface area contributed by atoms with Gasteiger partial charge in [0.15, 0.2) is 5.96 Å². The second kappa shape index (κ2) is 10.3. The molecule has 0 unspecified atom stereocenters. The maximum Gasteiger partial charge on any atom is 0.227 e. The maximum absolute atomic E-state index is 12.6. The van der Waals surface area contributed by atoms with E-state index in [1.165, 1.54) is 0 Å². The first-order valence-corrected chi connectivity index (χ1v) is 10.4. The van der Waals surface area contributed by atoms with Crippen LogP contribution in [0.15, 0.2) is 47.5 Å². The van der Waals surface area contributed by atoms with Crippen molar-refractivity contribution in [3.63, 3.8) is 0 Å². The average Bonchev–Trinajstić information content (AvgIpc) is 2.75. The quantitative estimate of drug-likeness (QED) is 0.584. The normalized spacial score (nSPS) is 14.6. The number of piperazine rings is 1. The van der Waals surface area contributed by atoms with E-state index < -0.39 is 0 Å². The lowest BCUT2D eigenvalue weighted by Crippen LogP contribution is -2.53. The molecule has 160 valence electrons. The highest BCUT2D eigenvalue weighted by molar-refractivity contribution is 6.30. The van der Waals surface area contributed by atoms with Gasteiger partial charge in [-0.1, -0.05) is 29.8 Å². The number of halogens is 1. The molecule has 1 aromatic heterocycles. The molecule has 2 heterocycles. The number of nitrogens with one attached hydrogen (secondary N) is 1. The minimum Gasteiger partial charge on any atom is -0.363 e. The van der Waals surface area contributed by atoms with E-state index >= 15 is 0 Å². The van der Waals surface area contributed by atoms with Crippen LogP contribution in [-0.2, 0) is 17.8 Å². The number of guanidine groups is 1. The highest BCUT2D eigenvalue weighted by Gasteiger charge is 2.23. The zero-order chi connectivity index (χ0) is 21.5. The molecular weight excluding hydrogens is 400 g/mol. The fraction of sp³-hybridized carbons (Fsp3) is 0.409. The number of pyridine rings is 1. The van der Waals surface area contributed by atoms with Gasteiger partial charge in [0.1, 0.15) is 5.82 Å². The van der Waals surface area contributed by atoms with Crippen LogP contribution >= 0.6 is 11.6 Å². The van der Waals surface area contributed by atoms with E-state index in [1.54, 1.807) is 7.05 Å². The Bertz CT molecular complexity index is 893. The fourth-order valence-electron chi connectivity index (χ4n) is 3.42. The van der Waals surface area contributed by atoms with Crippen molar-refractivity contribution in [3.8, 4) is 0 Å². The van der Waals surface area contributed by atoms with E-state index in [2.05, 4.69) is 20.2 Å². The molecule has 0 saturated carbocycles. The smallest absolute Gasteiger partial charge is 0.227 e. The van der Waals surface area contributed by atoms with Gasteiger partial charge in [0, 0.05) is 52.3 Å². The van der Waals surface area contributed by atoms with Crippen LogP contribution in [0.25, 0.3) is 0 Å². The Kier molecular flexibility index (Phi) is 7.52. The van der Waals surface area contributed by atoms with Gasteiger partial charge in [0.25, 0.3) is 0 Å². The zero-order valence-corrected chi connectivity index (χ0v) is 18.6. The van der Waals surface area contributed by atoms with E-state index in [1.807, 2.05) is 66.4 Å². The Morgan fingerprint density at radius 2 is 1.83 bits per heavy atom. The third kappa shape index (κ3) is 5.86. The van der Waals surface area contributed by atoms with E-state index in [0.29, 0.717) is 31.1 Å². The summed E-state index contributed by atoms with van der Waals surface area (Å²) in [6.07, 6.45) is 0.376. The second-order valence-electron chi connectivity index (χ2n) is 7.46. The van der Waals surface area contributed by atoms with Crippen molar-refractivity contribution in [3.05, 3.63) is 58.7 Å². The van der Waals surface area contributed by atoms with Gasteiger partial charge >= 0.3 is 0 Å². The molecule has 0 aliphatic carbocycles. The monoisotopic (exact) mass is 428 g/mol. The van der Waals surface area contributed by atoms with Crippen molar-refractivity contribution in [2.45, 2.75) is 13.0 Å². The fourth-order valence-corrected chi connectivity index (χ4v) is 3.63. The van der Waals surface area contributed by atoms with Crippen LogP contribution in [0.1, 0.15) is 11.3 Å². The van der Waals surface area contributed by atoms with E-state index in [-0.39, 0.29) is 5.91 Å². The number of benzene rings is 1. The Morgan fingerprint density at radius 1 is 1.13 bits per heavy atom. The number of aliphatic imine (C=N–C) groups is 1. The largest absolute Gasteiger partial charge is 0.363 e. The van der Waals surface area contributed by atoms with Crippen molar-refractivity contribution in [1.29, 1.82) is 0 Å². The van der Waals surface area contributed by atoms with E-state index in [0.717, 1.165) is 36.1 Å². The van der Waals surface area contributed by atoms with Crippen LogP contribution in [-0.4, -0.2) is 74.0 Å². The van der Waals surface area contributed by atoms with E-state index in [4.69, 9.17) is 11.6 Å². The van der Waals surface area contributed by atoms with Crippen molar-refractivity contribution in [1.82, 2.24) is 20.1 Å². The number of carbonyl (C=O) groups excluding carboxylic acids is 1. The molecule has 1 aliphatic heterocycles. The molecule has 1 aliphatic rings. The first-order valence-electron chi connectivity index (χ1n) is 10.1. The summed E-state index contributed by atoms with van der Waals surface area (Å²) < 4.78 is 0. The van der Waals surface area contributed by atoms with Crippen molar-refractivity contribution in [2.24, 2.45) is 4.99 Å². The Balaban J connectivity index is 1.50. The third-order valence-corrected chi connectivity index (χ3v) is 5.30. The Morgan fingerprint density at radius 3 is 2.50 bits per heavy atom. The van der Waals surface area contributed by atoms with Gasteiger partial charge in [0.05, 0.1) is 18.7 Å². The molecule has 0 radical (unpaired) electrons. The molecule has 0 atom stereocenters. The molecule has 1 saturated heterocycles. The lowest BCUT2D eigenvalue weighted by molar-refractivity contribution is -0.131. The highest BCUT2D eigenvalue weighted by Crippen LogP contribution is 2.13. The predicted octanol–water partition coefficient (Wildman–Crippen LogP) is 2.26. The Hall–Kier alpha value is -2.80. The summed E-state index contributed by atoms with van der Waals surface area (Å²) in [5, 5.41) is 4.05. The lowest BCUT2D eigenvalue weighted by Gasteiger charge is -2.36. The molecule has 0 spiro atoms. The summed E-state index contributed by atoms with van der Waals surface area (Å²) in [6.45, 7) is 3.43. The summed E-state index contributed by atoms with van der Waals surface area (Å²) >= 11 is 6.02. The first-order chi connectivity index (χ1) is 14.5. The second-order valence-corrected chi connectivity index (χ2v) is 7.89. The van der Waals surface area contributed by atoms with Crippen molar-refractivity contribution < 1.29 is 4.79 Å². The molecule has 1 N–H and O–H groups in total. The number of hydrogen-bond donors (Lipinski definition) is 1. The topological polar surface area (TPSA) is 64.1 Å². The Labute approximate surface area is 183 Å². The number of nitrogens with zero attached hydrogens (tertiary/aromatic N) is 5. The van der Waals surface area contributed by atoms with Gasteiger partial charge in [0.2, 0.25) is 5.91 Å². The van der Waals surface area contributed by atoms with Crippen molar-refractivity contribution in [2.75, 3.05) is 52.2 Å². The van der Waals surface area contributed by atoms with Crippen LogP contribution in [0.3, 0.4) is 0 Å². The standard InChI is InChI=1S/C22H29ClN6O/c1-24-22(25-16-19-8-5-9-20(26-19)27(2)3)29-12-10-28(11-13-29)21(30)15-17-6-4-7-18(23)14-17/h4-9,14H,10-13,15-16H2,1-3H3,(H,24,25). The molecular formula is C22H29ClN6O. The van der Waals surface area contributed by atoms with Crippen molar-refractivity contribution >= 4 is 29.3 Å². The van der Waals surface area contributed by atoms with Crippen LogP contribution in [0.4, 0.5) is 5.82 Å². The number of aromatic nitrogens is 1. The van der Waals surface area contributed by atoms with Gasteiger partial charge in [-0.2, -0.15) is 0 Å². The molecule has 8 heteroatoms. The molecule has 1 aromatic carbocycles. The molecule has 1 fully saturated rings. The maximum atomic E-state index is 12.6. The van der Waals surface area contributed by atoms with Crippen LogP contribution in [0.5, 0.6) is 0 Å². The van der Waals surface area contributed by atoms with Gasteiger partial charge in [-0.15, -0.1) is 0 Å². The molecule has 2 aromatic rings. The molecule has 1 amide bonds.